The monoisotopic (exact) mass is 305 g/mol. The Labute approximate surface area is 115 Å². The normalized spacial score (nSPS) is 13.5. The molecule has 0 bridgehead atoms. The van der Waals surface area contributed by atoms with Gasteiger partial charge in [0.05, 0.1) is 17.1 Å². The fourth-order valence-corrected chi connectivity index (χ4v) is 2.51. The van der Waals surface area contributed by atoms with E-state index in [-0.39, 0.29) is 15.8 Å². The van der Waals surface area contributed by atoms with E-state index in [0.29, 0.717) is 0 Å². The number of hydrogen-bond acceptors (Lipinski definition) is 3. The molecule has 0 aliphatic rings. The van der Waals surface area contributed by atoms with Crippen LogP contribution >= 0.6 is 0 Å². The van der Waals surface area contributed by atoms with Crippen LogP contribution in [0.2, 0.25) is 0 Å². The van der Waals surface area contributed by atoms with Crippen LogP contribution in [0.4, 0.5) is 13.2 Å². The lowest BCUT2D eigenvalue weighted by atomic mass is 10.2. The van der Waals surface area contributed by atoms with Gasteiger partial charge in [0.1, 0.15) is 12.0 Å². The highest BCUT2D eigenvalue weighted by Crippen LogP contribution is 2.25. The van der Waals surface area contributed by atoms with E-state index in [2.05, 4.69) is 4.74 Å². The van der Waals surface area contributed by atoms with Gasteiger partial charge in [0, 0.05) is 13.1 Å². The maximum atomic E-state index is 12.2. The second-order valence-corrected chi connectivity index (χ2v) is 5.46. The van der Waals surface area contributed by atoms with E-state index in [0.717, 1.165) is 12.1 Å². The van der Waals surface area contributed by atoms with Crippen molar-refractivity contribution in [2.75, 3.05) is 6.26 Å². The average Bonchev–Trinajstić information content (AvgIpc) is 2.31. The molecule has 2 aromatic rings. The highest BCUT2D eigenvalue weighted by molar-refractivity contribution is 7.90. The molecule has 1 unspecified atom stereocenters. The van der Waals surface area contributed by atoms with E-state index in [9.17, 15) is 22.5 Å². The van der Waals surface area contributed by atoms with Gasteiger partial charge in [-0.05, 0) is 23.3 Å². The molecule has 108 valence electrons. The van der Waals surface area contributed by atoms with Crippen LogP contribution in [-0.4, -0.2) is 21.7 Å². The molecule has 8 heteroatoms. The lowest BCUT2D eigenvalue weighted by Crippen LogP contribution is -2.19. The number of alkyl halides is 3. The molecule has 0 aliphatic heterocycles. The number of nitrogens with zero attached hydrogens (tertiary/aromatic N) is 1. The maximum Gasteiger partial charge on any atom is 0.573 e. The van der Waals surface area contributed by atoms with Gasteiger partial charge in [-0.2, -0.15) is 0 Å². The van der Waals surface area contributed by atoms with Gasteiger partial charge < -0.3 is 13.9 Å². The Bertz CT molecular complexity index is 709. The zero-order valence-electron chi connectivity index (χ0n) is 10.5. The van der Waals surface area contributed by atoms with Crippen LogP contribution in [0, 0.1) is 0 Å². The average molecular weight is 305 g/mol. The Morgan fingerprint density at radius 3 is 2.55 bits per heavy atom. The number of halogens is 3. The summed E-state index contributed by atoms with van der Waals surface area (Å²) in [5.74, 6) is -0.412. The Morgan fingerprint density at radius 1 is 1.35 bits per heavy atom. The number of aromatic nitrogens is 1. The van der Waals surface area contributed by atoms with Crippen molar-refractivity contribution in [3.8, 4) is 5.75 Å². The fourth-order valence-electron chi connectivity index (χ4n) is 1.83. The summed E-state index contributed by atoms with van der Waals surface area (Å²) in [6, 6.07) is 3.40. The molecular formula is C12H10F3NO3S. The van der Waals surface area contributed by atoms with Crippen LogP contribution in [0.1, 0.15) is 0 Å². The van der Waals surface area contributed by atoms with Crippen molar-refractivity contribution in [2.45, 2.75) is 11.3 Å². The third-order valence-electron chi connectivity index (χ3n) is 2.67. The van der Waals surface area contributed by atoms with Crippen molar-refractivity contribution in [1.29, 1.82) is 0 Å². The predicted molar refractivity (Wildman–Crippen MR) is 68.2 cm³/mol. The minimum atomic E-state index is -4.79. The molecule has 20 heavy (non-hydrogen) atoms. The highest BCUT2D eigenvalue weighted by Gasteiger charge is 2.31. The van der Waals surface area contributed by atoms with Crippen LogP contribution in [0.3, 0.4) is 0 Å². The second-order valence-electron chi connectivity index (χ2n) is 4.11. The lowest BCUT2D eigenvalue weighted by Gasteiger charge is -2.12. The van der Waals surface area contributed by atoms with Gasteiger partial charge >= 0.3 is 6.36 Å². The number of fused-ring (bicyclic) bond motifs is 1. The van der Waals surface area contributed by atoms with E-state index < -0.39 is 28.7 Å². The first kappa shape index (κ1) is 14.7. The van der Waals surface area contributed by atoms with E-state index in [1.807, 2.05) is 0 Å². The first-order valence-corrected chi connectivity index (χ1v) is 6.97. The summed E-state index contributed by atoms with van der Waals surface area (Å²) >= 11 is -1.47. The quantitative estimate of drug-likeness (QED) is 0.799. The van der Waals surface area contributed by atoms with Crippen molar-refractivity contribution in [3.63, 3.8) is 0 Å². The highest BCUT2D eigenvalue weighted by atomic mass is 32.2. The van der Waals surface area contributed by atoms with Crippen molar-refractivity contribution in [2.24, 2.45) is 7.05 Å². The Balaban J connectivity index is 2.63. The van der Waals surface area contributed by atoms with Gasteiger partial charge in [-0.1, -0.05) is 0 Å². The number of pyridine rings is 1. The molecule has 1 heterocycles. The summed E-state index contributed by atoms with van der Waals surface area (Å²) in [5, 5.41) is 0.190. The molecule has 0 N–H and O–H groups in total. The molecule has 1 aromatic heterocycles. The largest absolute Gasteiger partial charge is 0.612 e. The molecule has 0 saturated carbocycles. The van der Waals surface area contributed by atoms with Crippen LogP contribution in [0.15, 0.2) is 34.1 Å². The Kier molecular flexibility index (Phi) is 3.70. The van der Waals surface area contributed by atoms with Gasteiger partial charge in [0.2, 0.25) is 10.3 Å². The van der Waals surface area contributed by atoms with Gasteiger partial charge in [0.15, 0.2) is 0 Å². The van der Waals surface area contributed by atoms with E-state index in [4.69, 9.17) is 0 Å². The van der Waals surface area contributed by atoms with Gasteiger partial charge in [-0.3, -0.25) is 4.79 Å². The number of aryl methyl sites for hydroxylation is 1. The SMILES string of the molecule is Cn1cc([S+](C)[O-])c(=O)c2ccc(OC(F)(F)F)cc21. The number of hydrogen-bond donors (Lipinski definition) is 0. The van der Waals surface area contributed by atoms with Gasteiger partial charge in [0.25, 0.3) is 0 Å². The fraction of sp³-hybridized carbons (Fsp3) is 0.250. The summed E-state index contributed by atoms with van der Waals surface area (Å²) in [5.41, 5.74) is -0.191. The summed E-state index contributed by atoms with van der Waals surface area (Å²) in [6.07, 6.45) is -2.08. The molecule has 0 aliphatic carbocycles. The van der Waals surface area contributed by atoms with E-state index >= 15 is 0 Å². The summed E-state index contributed by atoms with van der Waals surface area (Å²) in [6.45, 7) is 0. The van der Waals surface area contributed by atoms with E-state index in [1.54, 1.807) is 7.05 Å². The summed E-state index contributed by atoms with van der Waals surface area (Å²) < 4.78 is 53.2. The zero-order chi connectivity index (χ0) is 15.1. The standard InChI is InChI=1S/C12H10F3NO3S/c1-16-6-10(20(2)18)11(17)8-4-3-7(5-9(8)16)19-12(13,14)15/h3-6H,1-2H3. The molecular weight excluding hydrogens is 295 g/mol. The van der Waals surface area contributed by atoms with Crippen molar-refractivity contribution in [3.05, 3.63) is 34.6 Å². The van der Waals surface area contributed by atoms with E-state index in [1.165, 1.54) is 23.1 Å². The number of ether oxygens (including phenoxy) is 1. The Hall–Kier alpha value is -1.67. The number of benzene rings is 1. The third-order valence-corrected chi connectivity index (χ3v) is 3.58. The van der Waals surface area contributed by atoms with Crippen molar-refractivity contribution < 1.29 is 22.5 Å². The lowest BCUT2D eigenvalue weighted by molar-refractivity contribution is -0.274. The van der Waals surface area contributed by atoms with Crippen molar-refractivity contribution in [1.82, 2.24) is 4.57 Å². The molecule has 4 nitrogen and oxygen atoms in total. The van der Waals surface area contributed by atoms with Gasteiger partial charge in [-0.25, -0.2) is 0 Å². The first-order valence-electron chi connectivity index (χ1n) is 5.41. The molecule has 1 atom stereocenters. The first-order chi connectivity index (χ1) is 9.19. The van der Waals surface area contributed by atoms with Crippen LogP contribution in [0.5, 0.6) is 5.75 Å². The summed E-state index contributed by atoms with van der Waals surface area (Å²) in [7, 11) is 1.55. The molecule has 0 radical (unpaired) electrons. The topological polar surface area (TPSA) is 54.3 Å². The molecule has 2 rings (SSSR count). The van der Waals surface area contributed by atoms with Crippen LogP contribution in [0.25, 0.3) is 10.9 Å². The number of rotatable bonds is 2. The molecule has 0 spiro atoms. The maximum absolute atomic E-state index is 12.2. The zero-order valence-corrected chi connectivity index (χ0v) is 11.3. The summed E-state index contributed by atoms with van der Waals surface area (Å²) in [4.78, 5) is 12.2. The van der Waals surface area contributed by atoms with Crippen LogP contribution in [-0.2, 0) is 18.2 Å². The minimum Gasteiger partial charge on any atom is -0.612 e. The third kappa shape index (κ3) is 2.91. The van der Waals surface area contributed by atoms with Crippen LogP contribution < -0.4 is 10.2 Å². The second kappa shape index (κ2) is 5.02. The van der Waals surface area contributed by atoms with Gasteiger partial charge in [-0.15, -0.1) is 13.2 Å². The molecule has 0 saturated heterocycles. The molecule has 0 fully saturated rings. The molecule has 0 amide bonds. The molecule has 1 aromatic carbocycles. The minimum absolute atomic E-state index is 0.101. The smallest absolute Gasteiger partial charge is 0.573 e. The Morgan fingerprint density at radius 2 is 2.00 bits per heavy atom. The van der Waals surface area contributed by atoms with Crippen molar-refractivity contribution >= 4 is 22.1 Å². The predicted octanol–water partition coefficient (Wildman–Crippen LogP) is 2.17.